The van der Waals surface area contributed by atoms with Gasteiger partial charge in [0.1, 0.15) is 6.20 Å². The van der Waals surface area contributed by atoms with Crippen molar-refractivity contribution >= 4 is 6.09 Å². The third-order valence-electron chi connectivity index (χ3n) is 0.847. The average molecular weight is 157 g/mol. The van der Waals surface area contributed by atoms with E-state index in [4.69, 9.17) is 0 Å². The zero-order chi connectivity index (χ0) is 8.10. The van der Waals surface area contributed by atoms with Crippen LogP contribution in [-0.4, -0.2) is 23.1 Å². The lowest BCUT2D eigenvalue weighted by atomic mass is 10.8. The zero-order valence-corrected chi connectivity index (χ0v) is 5.90. The highest BCUT2D eigenvalue weighted by Crippen LogP contribution is 1.79. The Balaban J connectivity index is 2.67. The fraction of sp³-hybridized carbons (Fsp3) is 0.400. The van der Waals surface area contributed by atoms with E-state index in [2.05, 4.69) is 24.6 Å². The first-order valence-electron chi connectivity index (χ1n) is 3.03. The maximum Gasteiger partial charge on any atom is 0.437 e. The van der Waals surface area contributed by atoms with Crippen molar-refractivity contribution in [3.05, 3.63) is 11.8 Å². The van der Waals surface area contributed by atoms with E-state index in [0.29, 0.717) is 6.61 Å². The highest BCUT2D eigenvalue weighted by molar-refractivity contribution is 5.67. The molecule has 0 aliphatic heterocycles. The van der Waals surface area contributed by atoms with Gasteiger partial charge in [-0.2, -0.15) is 0 Å². The lowest BCUT2D eigenvalue weighted by Gasteiger charge is -1.90. The van der Waals surface area contributed by atoms with Crippen molar-refractivity contribution in [1.29, 1.82) is 0 Å². The van der Waals surface area contributed by atoms with Gasteiger partial charge >= 0.3 is 6.09 Å². The Kier molecular flexibility index (Phi) is 2.42. The monoisotopic (exact) mass is 157 g/mol. The molecule has 1 aromatic heterocycles. The molecule has 0 unspecified atom stereocenters. The number of amides is 1. The van der Waals surface area contributed by atoms with E-state index in [1.165, 1.54) is 6.20 Å². The zero-order valence-electron chi connectivity index (χ0n) is 5.90. The van der Waals surface area contributed by atoms with Gasteiger partial charge in [0.15, 0.2) is 0 Å². The highest BCUT2D eigenvalue weighted by atomic mass is 16.5. The highest BCUT2D eigenvalue weighted by Gasteiger charge is 1.96. The number of nitrogens with zero attached hydrogens (tertiary/aromatic N) is 2. The number of rotatable bonds is 1. The van der Waals surface area contributed by atoms with E-state index < -0.39 is 6.09 Å². The molecule has 0 aliphatic rings. The molecule has 6 nitrogen and oxygen atoms in total. The molecule has 1 N–H and O–H groups in total. The number of H-pyrrole nitrogens is 1. The average Bonchev–Trinajstić information content (AvgIpc) is 2.40. The normalized spacial score (nSPS) is 11.5. The molecule has 11 heavy (non-hydrogen) atoms. The van der Waals surface area contributed by atoms with Crippen LogP contribution in [0.5, 0.6) is 0 Å². The van der Waals surface area contributed by atoms with Gasteiger partial charge in [-0.1, -0.05) is 0 Å². The number of hydrogen-bond acceptors (Lipinski definition) is 4. The summed E-state index contributed by atoms with van der Waals surface area (Å²) in [5.41, 5.74) is 0.100. The minimum atomic E-state index is -0.683. The summed E-state index contributed by atoms with van der Waals surface area (Å²) in [5.74, 6) is 0. The van der Waals surface area contributed by atoms with E-state index >= 15 is 0 Å². The Morgan fingerprint density at radius 2 is 2.82 bits per heavy atom. The predicted molar refractivity (Wildman–Crippen MR) is 33.4 cm³/mol. The molecule has 0 fully saturated rings. The number of aromatic nitrogens is 2. The molecule has 1 amide bonds. The Labute approximate surface area is 61.9 Å². The second-order valence-corrected chi connectivity index (χ2v) is 1.60. The van der Waals surface area contributed by atoms with Crippen LogP contribution < -0.4 is 5.55 Å². The van der Waals surface area contributed by atoms with Crippen molar-refractivity contribution in [3.63, 3.8) is 0 Å². The quantitative estimate of drug-likeness (QED) is 0.625. The van der Waals surface area contributed by atoms with Crippen molar-refractivity contribution in [1.82, 2.24) is 10.4 Å². The van der Waals surface area contributed by atoms with E-state index in [1.807, 2.05) is 0 Å². The Bertz CT molecular complexity index is 270. The van der Waals surface area contributed by atoms with E-state index in [-0.39, 0.29) is 5.55 Å². The Morgan fingerprint density at radius 3 is 3.36 bits per heavy atom. The van der Waals surface area contributed by atoms with Gasteiger partial charge in [-0.05, 0) is 6.92 Å². The van der Waals surface area contributed by atoms with Crippen molar-refractivity contribution < 1.29 is 14.1 Å². The molecule has 0 atom stereocenters. The third-order valence-corrected chi connectivity index (χ3v) is 0.847. The Hall–Kier alpha value is -1.59. The van der Waals surface area contributed by atoms with Gasteiger partial charge in [0.05, 0.1) is 6.61 Å². The van der Waals surface area contributed by atoms with Crippen LogP contribution in [0.2, 0.25) is 0 Å². The van der Waals surface area contributed by atoms with Gasteiger partial charge in [0, 0.05) is 0 Å². The minimum absolute atomic E-state index is 0.100. The van der Waals surface area contributed by atoms with Crippen molar-refractivity contribution in [2.45, 2.75) is 6.92 Å². The first kappa shape index (κ1) is 7.52. The number of nitrogens with one attached hydrogen (secondary N) is 1. The molecule has 0 aromatic carbocycles. The number of ether oxygens (including phenoxy) is 1. The van der Waals surface area contributed by atoms with E-state index in [9.17, 15) is 4.79 Å². The summed E-state index contributed by atoms with van der Waals surface area (Å²) < 4.78 is 9.05. The van der Waals surface area contributed by atoms with E-state index in [1.54, 1.807) is 6.92 Å². The molecule has 1 rings (SSSR count). The van der Waals surface area contributed by atoms with Crippen molar-refractivity contribution in [3.8, 4) is 0 Å². The van der Waals surface area contributed by atoms with Crippen molar-refractivity contribution in [2.24, 2.45) is 4.99 Å². The van der Waals surface area contributed by atoms with Crippen LogP contribution >= 0.6 is 0 Å². The van der Waals surface area contributed by atoms with Gasteiger partial charge in [0.2, 0.25) is 0 Å². The van der Waals surface area contributed by atoms with Crippen LogP contribution in [0.25, 0.3) is 0 Å². The number of aromatic amines is 1. The largest absolute Gasteiger partial charge is 0.448 e. The lowest BCUT2D eigenvalue weighted by Crippen LogP contribution is -2.04. The number of carbonyl (C=O) groups is 1. The molecular weight excluding hydrogens is 150 g/mol. The first-order valence-corrected chi connectivity index (χ1v) is 3.03. The standard InChI is InChI=1S/C5H7N3O3/c1-2-10-5(9)7-4-3-6-8-11-4/h3,8H,2H2,1H3/b7-4-. The second-order valence-electron chi connectivity index (χ2n) is 1.60. The molecule has 1 aromatic rings. The SMILES string of the molecule is CCOC(=O)/N=c1/cn[nH]o1. The van der Waals surface area contributed by atoms with Crippen LogP contribution in [0.15, 0.2) is 15.7 Å². The Morgan fingerprint density at radius 1 is 2.00 bits per heavy atom. The summed E-state index contributed by atoms with van der Waals surface area (Å²) in [6, 6.07) is 0. The van der Waals surface area contributed by atoms with Gasteiger partial charge in [-0.15, -0.1) is 15.4 Å². The minimum Gasteiger partial charge on any atom is -0.448 e. The molecule has 0 spiro atoms. The van der Waals surface area contributed by atoms with Crippen LogP contribution in [0.4, 0.5) is 4.79 Å². The summed E-state index contributed by atoms with van der Waals surface area (Å²) in [5, 5.41) is 5.59. The smallest absolute Gasteiger partial charge is 0.437 e. The van der Waals surface area contributed by atoms with Crippen LogP contribution in [0.1, 0.15) is 6.92 Å². The van der Waals surface area contributed by atoms with Gasteiger partial charge in [-0.25, -0.2) is 4.79 Å². The molecule has 0 saturated carbocycles. The topological polar surface area (TPSA) is 80.5 Å². The molecule has 0 radical (unpaired) electrons. The van der Waals surface area contributed by atoms with E-state index in [0.717, 1.165) is 0 Å². The van der Waals surface area contributed by atoms with Crippen LogP contribution in [0.3, 0.4) is 0 Å². The molecule has 0 saturated heterocycles. The van der Waals surface area contributed by atoms with Crippen LogP contribution in [-0.2, 0) is 4.74 Å². The fourth-order valence-corrected chi connectivity index (χ4v) is 0.478. The summed E-state index contributed by atoms with van der Waals surface area (Å²) >= 11 is 0. The lowest BCUT2D eigenvalue weighted by molar-refractivity contribution is 0.161. The molecule has 6 heteroatoms. The van der Waals surface area contributed by atoms with Crippen molar-refractivity contribution in [2.75, 3.05) is 6.61 Å². The number of hydrogen-bond donors (Lipinski definition) is 1. The van der Waals surface area contributed by atoms with Crippen LogP contribution in [0, 0.1) is 0 Å². The molecular formula is C5H7N3O3. The van der Waals surface area contributed by atoms with Gasteiger partial charge < -0.3 is 9.26 Å². The molecule has 0 aliphatic carbocycles. The maximum atomic E-state index is 10.6. The predicted octanol–water partition coefficient (Wildman–Crippen LogP) is 0.0599. The maximum absolute atomic E-state index is 10.6. The molecule has 60 valence electrons. The summed E-state index contributed by atoms with van der Waals surface area (Å²) in [6.07, 6.45) is 0.592. The van der Waals surface area contributed by atoms with Gasteiger partial charge in [0.25, 0.3) is 5.55 Å². The summed E-state index contributed by atoms with van der Waals surface area (Å²) in [6.45, 7) is 1.99. The second kappa shape index (κ2) is 3.55. The summed E-state index contributed by atoms with van der Waals surface area (Å²) in [4.78, 5) is 14.0. The van der Waals surface area contributed by atoms with Gasteiger partial charge in [-0.3, -0.25) is 0 Å². The molecule has 0 bridgehead atoms. The third kappa shape index (κ3) is 2.24. The molecule has 1 heterocycles. The summed E-state index contributed by atoms with van der Waals surface area (Å²) in [7, 11) is 0. The fourth-order valence-electron chi connectivity index (χ4n) is 0.478. The number of carbonyl (C=O) groups excluding carboxylic acids is 1. The first-order chi connectivity index (χ1) is 5.33.